The number of rotatable bonds is 5. The summed E-state index contributed by atoms with van der Waals surface area (Å²) in [5.41, 5.74) is 1.84. The number of amides is 1. The highest BCUT2D eigenvalue weighted by molar-refractivity contribution is 5.93. The van der Waals surface area contributed by atoms with Gasteiger partial charge in [0.05, 0.1) is 5.41 Å². The lowest BCUT2D eigenvalue weighted by molar-refractivity contribution is -0.152. The Hall–Kier alpha value is -2.62. The van der Waals surface area contributed by atoms with Crippen molar-refractivity contribution in [3.8, 4) is 0 Å². The van der Waals surface area contributed by atoms with Gasteiger partial charge in [-0.05, 0) is 38.5 Å². The standard InChI is InChI=1S/C19H21NO3/c1-14-9-11-16(12-10-14)20-17(21)13-23-18(22)19(2,3)15-7-5-4-6-8-15/h4-12H,13H2,1-3H3,(H,20,21). The molecule has 0 saturated carbocycles. The fourth-order valence-corrected chi connectivity index (χ4v) is 2.12. The highest BCUT2D eigenvalue weighted by Crippen LogP contribution is 2.24. The number of esters is 1. The summed E-state index contributed by atoms with van der Waals surface area (Å²) in [6.45, 7) is 5.23. The number of nitrogens with one attached hydrogen (secondary N) is 1. The van der Waals surface area contributed by atoms with E-state index in [1.807, 2.05) is 61.5 Å². The van der Waals surface area contributed by atoms with Crippen LogP contribution in [-0.2, 0) is 19.7 Å². The Labute approximate surface area is 136 Å². The topological polar surface area (TPSA) is 55.4 Å². The lowest BCUT2D eigenvalue weighted by Gasteiger charge is -2.22. The van der Waals surface area contributed by atoms with Gasteiger partial charge in [0.1, 0.15) is 0 Å². The molecule has 2 rings (SSSR count). The van der Waals surface area contributed by atoms with Crippen LogP contribution < -0.4 is 5.32 Å². The minimum atomic E-state index is -0.800. The summed E-state index contributed by atoms with van der Waals surface area (Å²) in [4.78, 5) is 24.1. The Bertz CT molecular complexity index is 676. The number of aryl methyl sites for hydroxylation is 1. The van der Waals surface area contributed by atoms with Crippen molar-refractivity contribution in [2.45, 2.75) is 26.2 Å². The van der Waals surface area contributed by atoms with Crippen LogP contribution in [-0.4, -0.2) is 18.5 Å². The molecule has 0 radical (unpaired) electrons. The molecule has 4 heteroatoms. The van der Waals surface area contributed by atoms with Gasteiger partial charge < -0.3 is 10.1 Å². The second kappa shape index (κ2) is 7.09. The number of anilines is 1. The molecule has 2 aromatic carbocycles. The second-order valence-electron chi connectivity index (χ2n) is 5.98. The fourth-order valence-electron chi connectivity index (χ4n) is 2.12. The van der Waals surface area contributed by atoms with Crippen LogP contribution in [0.15, 0.2) is 54.6 Å². The zero-order valence-electron chi connectivity index (χ0n) is 13.6. The SMILES string of the molecule is Cc1ccc(NC(=O)COC(=O)C(C)(C)c2ccccc2)cc1. The van der Waals surface area contributed by atoms with Crippen molar-refractivity contribution in [1.29, 1.82) is 0 Å². The molecule has 0 spiro atoms. The molecule has 0 unspecified atom stereocenters. The number of ether oxygens (including phenoxy) is 1. The van der Waals surface area contributed by atoms with E-state index in [-0.39, 0.29) is 12.5 Å². The second-order valence-corrected chi connectivity index (χ2v) is 5.98. The predicted molar refractivity (Wildman–Crippen MR) is 90.2 cm³/mol. The van der Waals surface area contributed by atoms with E-state index in [1.165, 1.54) is 0 Å². The maximum atomic E-state index is 12.3. The van der Waals surface area contributed by atoms with E-state index in [0.717, 1.165) is 11.1 Å². The molecule has 0 aromatic heterocycles. The van der Waals surface area contributed by atoms with Crippen LogP contribution in [0.5, 0.6) is 0 Å². The van der Waals surface area contributed by atoms with Gasteiger partial charge >= 0.3 is 5.97 Å². The minimum Gasteiger partial charge on any atom is -0.455 e. The molecule has 4 nitrogen and oxygen atoms in total. The van der Waals surface area contributed by atoms with Gasteiger partial charge in [0.15, 0.2) is 6.61 Å². The number of carbonyl (C=O) groups excluding carboxylic acids is 2. The highest BCUT2D eigenvalue weighted by Gasteiger charge is 2.31. The third kappa shape index (κ3) is 4.42. The van der Waals surface area contributed by atoms with E-state index >= 15 is 0 Å². The Morgan fingerprint density at radius 1 is 1.00 bits per heavy atom. The molecule has 0 aliphatic rings. The summed E-state index contributed by atoms with van der Waals surface area (Å²) in [5, 5.41) is 2.70. The lowest BCUT2D eigenvalue weighted by Crippen LogP contribution is -2.33. The maximum Gasteiger partial charge on any atom is 0.316 e. The zero-order chi connectivity index (χ0) is 16.9. The van der Waals surface area contributed by atoms with Gasteiger partial charge in [0.25, 0.3) is 5.91 Å². The van der Waals surface area contributed by atoms with E-state index in [2.05, 4.69) is 5.32 Å². The molecule has 0 atom stereocenters. The van der Waals surface area contributed by atoms with Gasteiger partial charge in [0.2, 0.25) is 0 Å². The van der Waals surface area contributed by atoms with Crippen LogP contribution >= 0.6 is 0 Å². The van der Waals surface area contributed by atoms with Crippen LogP contribution in [0, 0.1) is 6.92 Å². The minimum absolute atomic E-state index is 0.303. The Kier molecular flexibility index (Phi) is 5.16. The van der Waals surface area contributed by atoms with Crippen LogP contribution in [0.3, 0.4) is 0 Å². The molecule has 0 bridgehead atoms. The van der Waals surface area contributed by atoms with E-state index in [9.17, 15) is 9.59 Å². The van der Waals surface area contributed by atoms with Crippen molar-refractivity contribution >= 4 is 17.6 Å². The average molecular weight is 311 g/mol. The molecule has 23 heavy (non-hydrogen) atoms. The van der Waals surface area contributed by atoms with Gasteiger partial charge in [-0.15, -0.1) is 0 Å². The number of benzene rings is 2. The summed E-state index contributed by atoms with van der Waals surface area (Å²) in [6, 6.07) is 16.8. The molecule has 0 fully saturated rings. The quantitative estimate of drug-likeness (QED) is 0.860. The van der Waals surface area contributed by atoms with Gasteiger partial charge in [-0.3, -0.25) is 9.59 Å². The molecule has 0 aliphatic heterocycles. The van der Waals surface area contributed by atoms with Crippen LogP contribution in [0.25, 0.3) is 0 Å². The van der Waals surface area contributed by atoms with Crippen molar-refractivity contribution in [2.24, 2.45) is 0 Å². The largest absolute Gasteiger partial charge is 0.455 e. The summed E-state index contributed by atoms with van der Waals surface area (Å²) in [5.74, 6) is -0.783. The van der Waals surface area contributed by atoms with E-state index in [0.29, 0.717) is 5.69 Å². The maximum absolute atomic E-state index is 12.3. The third-order valence-corrected chi connectivity index (χ3v) is 3.68. The van der Waals surface area contributed by atoms with E-state index < -0.39 is 11.4 Å². The number of carbonyl (C=O) groups is 2. The van der Waals surface area contributed by atoms with E-state index in [1.54, 1.807) is 13.8 Å². The van der Waals surface area contributed by atoms with Gasteiger partial charge in [-0.2, -0.15) is 0 Å². The molecular formula is C19H21NO3. The summed E-state index contributed by atoms with van der Waals surface area (Å²) in [7, 11) is 0. The van der Waals surface area contributed by atoms with Crippen LogP contribution in [0.4, 0.5) is 5.69 Å². The molecule has 0 aliphatic carbocycles. The van der Waals surface area contributed by atoms with Crippen molar-refractivity contribution in [3.05, 3.63) is 65.7 Å². The van der Waals surface area contributed by atoms with Gasteiger partial charge in [-0.1, -0.05) is 48.0 Å². The van der Waals surface area contributed by atoms with Gasteiger partial charge in [-0.25, -0.2) is 0 Å². The van der Waals surface area contributed by atoms with Crippen molar-refractivity contribution in [3.63, 3.8) is 0 Å². The molecular weight excluding hydrogens is 290 g/mol. The summed E-state index contributed by atoms with van der Waals surface area (Å²) < 4.78 is 5.17. The smallest absolute Gasteiger partial charge is 0.316 e. The van der Waals surface area contributed by atoms with Crippen LogP contribution in [0.2, 0.25) is 0 Å². The molecule has 2 aromatic rings. The fraction of sp³-hybridized carbons (Fsp3) is 0.263. The average Bonchev–Trinajstić information content (AvgIpc) is 2.55. The normalized spacial score (nSPS) is 10.9. The summed E-state index contributed by atoms with van der Waals surface area (Å²) >= 11 is 0. The van der Waals surface area contributed by atoms with Gasteiger partial charge in [0, 0.05) is 5.69 Å². The molecule has 1 N–H and O–H groups in total. The first-order chi connectivity index (χ1) is 10.9. The summed E-state index contributed by atoms with van der Waals surface area (Å²) in [6.07, 6.45) is 0. The molecule has 120 valence electrons. The van der Waals surface area contributed by atoms with Crippen LogP contribution in [0.1, 0.15) is 25.0 Å². The lowest BCUT2D eigenvalue weighted by atomic mass is 9.85. The zero-order valence-corrected chi connectivity index (χ0v) is 13.6. The Morgan fingerprint density at radius 2 is 1.61 bits per heavy atom. The van der Waals surface area contributed by atoms with E-state index in [4.69, 9.17) is 4.74 Å². The Morgan fingerprint density at radius 3 is 2.22 bits per heavy atom. The molecule has 1 amide bonds. The number of hydrogen-bond acceptors (Lipinski definition) is 3. The Balaban J connectivity index is 1.91. The number of hydrogen-bond donors (Lipinski definition) is 1. The van der Waals surface area contributed by atoms with Crippen molar-refractivity contribution < 1.29 is 14.3 Å². The predicted octanol–water partition coefficient (Wildman–Crippen LogP) is 3.45. The first kappa shape index (κ1) is 16.7. The van der Waals surface area contributed by atoms with Crippen molar-refractivity contribution in [1.82, 2.24) is 0 Å². The third-order valence-electron chi connectivity index (χ3n) is 3.68. The molecule has 0 saturated heterocycles. The van der Waals surface area contributed by atoms with Crippen molar-refractivity contribution in [2.75, 3.05) is 11.9 Å². The first-order valence-electron chi connectivity index (χ1n) is 7.49. The first-order valence-corrected chi connectivity index (χ1v) is 7.49. The molecule has 0 heterocycles. The highest BCUT2D eigenvalue weighted by atomic mass is 16.5. The monoisotopic (exact) mass is 311 g/mol.